The molecule has 4 nitrogen and oxygen atoms in total. The first kappa shape index (κ1) is 17.3. The summed E-state index contributed by atoms with van der Waals surface area (Å²) in [5.41, 5.74) is 2.81. The van der Waals surface area contributed by atoms with Gasteiger partial charge in [0, 0.05) is 18.5 Å². The highest BCUT2D eigenvalue weighted by Gasteiger charge is 2.24. The highest BCUT2D eigenvalue weighted by Crippen LogP contribution is 2.26. The van der Waals surface area contributed by atoms with E-state index in [-0.39, 0.29) is 24.4 Å². The molecule has 3 rings (SSSR count). The highest BCUT2D eigenvalue weighted by atomic mass is 16.5. The average Bonchev–Trinajstić information content (AvgIpc) is 3.05. The molecule has 0 amide bonds. The van der Waals surface area contributed by atoms with E-state index in [1.54, 1.807) is 6.20 Å². The van der Waals surface area contributed by atoms with Crippen LogP contribution in [0.15, 0.2) is 48.7 Å². The van der Waals surface area contributed by atoms with E-state index in [0.717, 1.165) is 42.5 Å². The zero-order valence-corrected chi connectivity index (χ0v) is 14.5. The molecule has 2 aromatic rings. The van der Waals surface area contributed by atoms with Crippen molar-refractivity contribution in [2.75, 3.05) is 0 Å². The Morgan fingerprint density at radius 1 is 1.24 bits per heavy atom. The maximum Gasteiger partial charge on any atom is 0.313 e. The minimum atomic E-state index is -0.328. The van der Waals surface area contributed by atoms with Crippen LogP contribution in [0.5, 0.6) is 0 Å². The van der Waals surface area contributed by atoms with Gasteiger partial charge in [-0.05, 0) is 49.4 Å². The fraction of sp³-hybridized carbons (Fsp3) is 0.381. The lowest BCUT2D eigenvalue weighted by molar-refractivity contribution is -0.146. The van der Waals surface area contributed by atoms with Gasteiger partial charge in [-0.15, -0.1) is 0 Å². The quantitative estimate of drug-likeness (QED) is 0.752. The molecule has 0 spiro atoms. The number of carbonyl (C=O) groups excluding carboxylic acids is 2. The summed E-state index contributed by atoms with van der Waals surface area (Å²) >= 11 is 0. The van der Waals surface area contributed by atoms with Crippen molar-refractivity contribution in [3.8, 4) is 0 Å². The Morgan fingerprint density at radius 3 is 2.68 bits per heavy atom. The molecule has 1 aliphatic carbocycles. The summed E-state index contributed by atoms with van der Waals surface area (Å²) < 4.78 is 5.35. The van der Waals surface area contributed by atoms with Gasteiger partial charge in [-0.25, -0.2) is 0 Å². The van der Waals surface area contributed by atoms with Crippen LogP contribution in [-0.2, 0) is 27.4 Å². The summed E-state index contributed by atoms with van der Waals surface area (Å²) in [4.78, 5) is 28.1. The maximum atomic E-state index is 12.2. The summed E-state index contributed by atoms with van der Waals surface area (Å²) in [6.07, 6.45) is 5.22. The van der Waals surface area contributed by atoms with E-state index in [4.69, 9.17) is 4.74 Å². The van der Waals surface area contributed by atoms with Crippen molar-refractivity contribution in [1.29, 1.82) is 0 Å². The van der Waals surface area contributed by atoms with Crippen LogP contribution in [0, 0.1) is 5.92 Å². The third kappa shape index (κ3) is 4.53. The molecule has 4 heteroatoms. The van der Waals surface area contributed by atoms with Crippen LogP contribution in [0.25, 0.3) is 0 Å². The molecule has 0 aliphatic heterocycles. The fourth-order valence-electron chi connectivity index (χ4n) is 3.22. The Labute approximate surface area is 148 Å². The lowest BCUT2D eigenvalue weighted by Gasteiger charge is -2.13. The van der Waals surface area contributed by atoms with Crippen LogP contribution in [0.3, 0.4) is 0 Å². The number of rotatable bonds is 6. The van der Waals surface area contributed by atoms with Gasteiger partial charge in [0.25, 0.3) is 0 Å². The zero-order chi connectivity index (χ0) is 17.6. The van der Waals surface area contributed by atoms with Crippen LogP contribution < -0.4 is 0 Å². The summed E-state index contributed by atoms with van der Waals surface area (Å²) in [6.45, 7) is 2.03. The number of ketones is 1. The summed E-state index contributed by atoms with van der Waals surface area (Å²) in [5.74, 6) is -0.0302. The molecule has 1 heterocycles. The molecule has 0 bridgehead atoms. The molecule has 0 saturated heterocycles. The van der Waals surface area contributed by atoms with Crippen LogP contribution in [0.4, 0.5) is 0 Å². The number of Topliss-reactive ketones (excluding diaryl/α,β-unsaturated/α-hetero) is 1. The molecule has 1 aromatic heterocycles. The van der Waals surface area contributed by atoms with E-state index < -0.39 is 0 Å². The van der Waals surface area contributed by atoms with Gasteiger partial charge < -0.3 is 4.74 Å². The molecule has 2 unspecified atom stereocenters. The van der Waals surface area contributed by atoms with Crippen molar-refractivity contribution in [3.05, 3.63) is 65.5 Å². The van der Waals surface area contributed by atoms with Gasteiger partial charge in [-0.1, -0.05) is 30.3 Å². The SMILES string of the molecule is CC(C(=O)OCc1ccccn1)c1ccc(CC2CCCC2=O)cc1. The first-order valence-electron chi connectivity index (χ1n) is 8.81. The van der Waals surface area contributed by atoms with E-state index >= 15 is 0 Å². The standard InChI is InChI=1S/C21H23NO3/c1-15(21(24)25-14-19-6-2-3-12-22-19)17-10-8-16(9-11-17)13-18-5-4-7-20(18)23/h2-3,6,8-12,15,18H,4-5,7,13-14H2,1H3. The lowest BCUT2D eigenvalue weighted by Crippen LogP contribution is -2.14. The number of aromatic nitrogens is 1. The smallest absolute Gasteiger partial charge is 0.313 e. The molecule has 2 atom stereocenters. The first-order valence-corrected chi connectivity index (χ1v) is 8.81. The number of ether oxygens (including phenoxy) is 1. The normalized spacial score (nSPS) is 18.1. The number of pyridine rings is 1. The minimum Gasteiger partial charge on any atom is -0.459 e. The van der Waals surface area contributed by atoms with E-state index in [1.165, 1.54) is 0 Å². The average molecular weight is 337 g/mol. The van der Waals surface area contributed by atoms with E-state index in [0.29, 0.717) is 5.78 Å². The topological polar surface area (TPSA) is 56.3 Å². The second-order valence-corrected chi connectivity index (χ2v) is 6.65. The molecule has 1 aliphatic rings. The Morgan fingerprint density at radius 2 is 2.04 bits per heavy atom. The summed E-state index contributed by atoms with van der Waals surface area (Å²) in [5, 5.41) is 0. The molecular formula is C21H23NO3. The lowest BCUT2D eigenvalue weighted by atomic mass is 9.94. The molecule has 1 aromatic carbocycles. The van der Waals surface area contributed by atoms with Gasteiger partial charge in [0.15, 0.2) is 0 Å². The van der Waals surface area contributed by atoms with Crippen molar-refractivity contribution in [3.63, 3.8) is 0 Å². The zero-order valence-electron chi connectivity index (χ0n) is 14.5. The van der Waals surface area contributed by atoms with Crippen molar-refractivity contribution in [2.24, 2.45) is 5.92 Å². The minimum absolute atomic E-state index is 0.173. The van der Waals surface area contributed by atoms with Crippen LogP contribution in [0.1, 0.15) is 48.9 Å². The second kappa shape index (κ2) is 8.06. The van der Waals surface area contributed by atoms with Crippen LogP contribution in [0.2, 0.25) is 0 Å². The van der Waals surface area contributed by atoms with E-state index in [2.05, 4.69) is 4.98 Å². The molecule has 130 valence electrons. The largest absolute Gasteiger partial charge is 0.459 e. The van der Waals surface area contributed by atoms with Gasteiger partial charge in [-0.2, -0.15) is 0 Å². The number of hydrogen-bond donors (Lipinski definition) is 0. The van der Waals surface area contributed by atoms with E-state index in [9.17, 15) is 9.59 Å². The molecule has 1 fully saturated rings. The van der Waals surface area contributed by atoms with Gasteiger partial charge in [0.05, 0.1) is 11.6 Å². The van der Waals surface area contributed by atoms with Crippen LogP contribution in [-0.4, -0.2) is 16.7 Å². The molecule has 0 N–H and O–H groups in total. The summed E-state index contributed by atoms with van der Waals surface area (Å²) in [6, 6.07) is 13.5. The Kier molecular flexibility index (Phi) is 5.59. The number of nitrogens with zero attached hydrogens (tertiary/aromatic N) is 1. The second-order valence-electron chi connectivity index (χ2n) is 6.65. The predicted molar refractivity (Wildman–Crippen MR) is 94.9 cm³/mol. The Balaban J connectivity index is 1.55. The summed E-state index contributed by atoms with van der Waals surface area (Å²) in [7, 11) is 0. The van der Waals surface area contributed by atoms with E-state index in [1.807, 2.05) is 49.4 Å². The van der Waals surface area contributed by atoms with Gasteiger partial charge in [-0.3, -0.25) is 14.6 Å². The third-order valence-electron chi connectivity index (χ3n) is 4.83. The van der Waals surface area contributed by atoms with Gasteiger partial charge >= 0.3 is 5.97 Å². The molecule has 25 heavy (non-hydrogen) atoms. The van der Waals surface area contributed by atoms with Crippen molar-refractivity contribution < 1.29 is 14.3 Å². The predicted octanol–water partition coefficient (Wildman–Crippen LogP) is 3.84. The van der Waals surface area contributed by atoms with Crippen molar-refractivity contribution in [2.45, 2.75) is 45.1 Å². The number of benzene rings is 1. The highest BCUT2D eigenvalue weighted by molar-refractivity contribution is 5.83. The van der Waals surface area contributed by atoms with Crippen LogP contribution >= 0.6 is 0 Å². The van der Waals surface area contributed by atoms with Gasteiger partial charge in [0.1, 0.15) is 12.4 Å². The Bertz CT molecular complexity index is 725. The Hall–Kier alpha value is -2.49. The molecular weight excluding hydrogens is 314 g/mol. The molecule has 1 saturated carbocycles. The fourth-order valence-corrected chi connectivity index (χ4v) is 3.22. The monoisotopic (exact) mass is 337 g/mol. The first-order chi connectivity index (χ1) is 12.1. The van der Waals surface area contributed by atoms with Crippen molar-refractivity contribution in [1.82, 2.24) is 4.98 Å². The van der Waals surface area contributed by atoms with Gasteiger partial charge in [0.2, 0.25) is 0 Å². The third-order valence-corrected chi connectivity index (χ3v) is 4.83. The maximum absolute atomic E-state index is 12.2. The van der Waals surface area contributed by atoms with Crippen molar-refractivity contribution >= 4 is 11.8 Å². The number of esters is 1. The number of carbonyl (C=O) groups is 2. The number of hydrogen-bond acceptors (Lipinski definition) is 4. The molecule has 0 radical (unpaired) electrons.